The number of hydrogen-bond acceptors (Lipinski definition) is 7. The molecule has 1 amide bonds. The molecule has 148 valence electrons. The fourth-order valence-corrected chi connectivity index (χ4v) is 2.43. The lowest BCUT2D eigenvalue weighted by molar-refractivity contribution is 0.0633. The van der Waals surface area contributed by atoms with E-state index in [9.17, 15) is 14.7 Å². The summed E-state index contributed by atoms with van der Waals surface area (Å²) in [4.78, 5) is 23.5. The molecule has 2 N–H and O–H groups in total. The van der Waals surface area contributed by atoms with Crippen LogP contribution < -0.4 is 5.32 Å². The van der Waals surface area contributed by atoms with Crippen molar-refractivity contribution in [2.24, 2.45) is 0 Å². The van der Waals surface area contributed by atoms with Crippen molar-refractivity contribution < 1.29 is 19.4 Å². The number of aromatic nitrogens is 4. The van der Waals surface area contributed by atoms with Crippen molar-refractivity contribution in [1.82, 2.24) is 20.4 Å². The molecule has 0 bridgehead atoms. The highest BCUT2D eigenvalue weighted by Crippen LogP contribution is 2.27. The van der Waals surface area contributed by atoms with E-state index in [0.717, 1.165) is 5.56 Å². The Labute approximate surface area is 166 Å². The quantitative estimate of drug-likeness (QED) is 0.688. The zero-order valence-electron chi connectivity index (χ0n) is 16.1. The largest absolute Gasteiger partial charge is 0.478 e. The number of benzene rings is 2. The first-order valence-electron chi connectivity index (χ1n) is 8.73. The van der Waals surface area contributed by atoms with Crippen molar-refractivity contribution in [3.63, 3.8) is 0 Å². The van der Waals surface area contributed by atoms with Crippen molar-refractivity contribution in [3.8, 4) is 22.8 Å². The fourth-order valence-electron chi connectivity index (χ4n) is 2.43. The summed E-state index contributed by atoms with van der Waals surface area (Å²) in [7, 11) is 0. The zero-order valence-corrected chi connectivity index (χ0v) is 16.1. The fraction of sp³-hybridized carbons (Fsp3) is 0.200. The third-order valence-electron chi connectivity index (χ3n) is 3.65. The number of anilines is 1. The highest BCUT2D eigenvalue weighted by atomic mass is 16.6. The van der Waals surface area contributed by atoms with Gasteiger partial charge in [-0.25, -0.2) is 9.59 Å². The van der Waals surface area contributed by atoms with E-state index in [4.69, 9.17) is 4.74 Å². The summed E-state index contributed by atoms with van der Waals surface area (Å²) in [6.07, 6.45) is -0.733. The maximum Gasteiger partial charge on any atom is 0.412 e. The molecule has 0 spiro atoms. The number of carbonyl (C=O) groups excluding carboxylic acids is 1. The molecule has 1 heterocycles. The zero-order chi connectivity index (χ0) is 21.0. The summed E-state index contributed by atoms with van der Waals surface area (Å²) in [5, 5.41) is 28.1. The summed E-state index contributed by atoms with van der Waals surface area (Å²) < 4.78 is 5.24. The van der Waals surface area contributed by atoms with Crippen molar-refractivity contribution in [3.05, 3.63) is 54.1 Å². The first-order chi connectivity index (χ1) is 13.7. The van der Waals surface area contributed by atoms with Gasteiger partial charge in [0.15, 0.2) is 0 Å². The van der Waals surface area contributed by atoms with Crippen LogP contribution in [-0.2, 0) is 4.74 Å². The second kappa shape index (κ2) is 8.01. The Bertz CT molecular complexity index is 1030. The predicted octanol–water partition coefficient (Wildman–Crippen LogP) is 3.65. The molecule has 3 aromatic rings. The molecule has 1 aromatic heterocycles. The van der Waals surface area contributed by atoms with Gasteiger partial charge in [0.2, 0.25) is 11.6 Å². The summed E-state index contributed by atoms with van der Waals surface area (Å²) in [6, 6.07) is 13.4. The Balaban J connectivity index is 1.95. The lowest BCUT2D eigenvalue weighted by atomic mass is 10.1. The van der Waals surface area contributed by atoms with Gasteiger partial charge in [-0.3, -0.25) is 5.32 Å². The van der Waals surface area contributed by atoms with E-state index in [0.29, 0.717) is 11.4 Å². The van der Waals surface area contributed by atoms with Crippen LogP contribution in [-0.4, -0.2) is 43.2 Å². The first kappa shape index (κ1) is 19.9. The van der Waals surface area contributed by atoms with E-state index in [1.807, 2.05) is 30.3 Å². The molecule has 3 rings (SSSR count). The van der Waals surface area contributed by atoms with Crippen LogP contribution in [0.15, 0.2) is 48.5 Å². The Hall–Kier alpha value is -3.88. The van der Waals surface area contributed by atoms with E-state index in [1.54, 1.807) is 20.8 Å². The maximum absolute atomic E-state index is 12.2. The van der Waals surface area contributed by atoms with Crippen LogP contribution in [0.25, 0.3) is 22.8 Å². The van der Waals surface area contributed by atoms with E-state index in [-0.39, 0.29) is 17.1 Å². The number of ether oxygens (including phenoxy) is 1. The molecule has 2 aromatic carbocycles. The molecule has 0 saturated carbocycles. The molecule has 29 heavy (non-hydrogen) atoms. The Morgan fingerprint density at radius 2 is 1.55 bits per heavy atom. The highest BCUT2D eigenvalue weighted by molar-refractivity contribution is 5.95. The molecule has 0 fully saturated rings. The molecule has 0 aliphatic carbocycles. The lowest BCUT2D eigenvalue weighted by Gasteiger charge is -2.20. The number of carboxylic acid groups (broad SMARTS) is 1. The number of hydrogen-bond donors (Lipinski definition) is 2. The minimum Gasteiger partial charge on any atom is -0.478 e. The normalized spacial score (nSPS) is 11.0. The summed E-state index contributed by atoms with van der Waals surface area (Å²) in [6.45, 7) is 5.17. The molecular weight excluding hydrogens is 374 g/mol. The number of aromatic carboxylic acids is 1. The molecule has 0 unspecified atom stereocenters. The summed E-state index contributed by atoms with van der Waals surface area (Å²) >= 11 is 0. The molecule has 0 aliphatic heterocycles. The lowest BCUT2D eigenvalue weighted by Crippen LogP contribution is -2.27. The van der Waals surface area contributed by atoms with Gasteiger partial charge in [-0.1, -0.05) is 30.3 Å². The van der Waals surface area contributed by atoms with Gasteiger partial charge in [-0.05, 0) is 39.0 Å². The number of nitrogens with zero attached hydrogens (tertiary/aromatic N) is 4. The van der Waals surface area contributed by atoms with Crippen LogP contribution >= 0.6 is 0 Å². The maximum atomic E-state index is 12.2. The number of carbonyl (C=O) groups is 2. The number of amides is 1. The van der Waals surface area contributed by atoms with E-state index >= 15 is 0 Å². The average molecular weight is 393 g/mol. The second-order valence-electron chi connectivity index (χ2n) is 7.11. The third kappa shape index (κ3) is 5.10. The smallest absolute Gasteiger partial charge is 0.412 e. The van der Waals surface area contributed by atoms with Crippen LogP contribution in [0.1, 0.15) is 31.1 Å². The van der Waals surface area contributed by atoms with Gasteiger partial charge in [-0.15, -0.1) is 20.4 Å². The second-order valence-corrected chi connectivity index (χ2v) is 7.11. The Morgan fingerprint density at radius 1 is 0.931 bits per heavy atom. The molecular formula is C20H19N5O4. The van der Waals surface area contributed by atoms with Gasteiger partial charge in [0.05, 0.1) is 11.3 Å². The number of rotatable bonds is 4. The van der Waals surface area contributed by atoms with Gasteiger partial charge in [0.1, 0.15) is 5.60 Å². The van der Waals surface area contributed by atoms with E-state index in [1.165, 1.54) is 18.2 Å². The topological polar surface area (TPSA) is 127 Å². The summed E-state index contributed by atoms with van der Waals surface area (Å²) in [5.74, 6) is -0.661. The standard InChI is InChI=1S/C20H19N5O4/c1-20(2,3)29-19(28)21-15-11-13(18(26)27)9-10-14(15)17-24-22-16(23-25-17)12-7-5-4-6-8-12/h4-11H,1-3H3,(H,21,28)(H,26,27). The molecule has 0 radical (unpaired) electrons. The summed E-state index contributed by atoms with van der Waals surface area (Å²) in [5.41, 5.74) is 0.565. The van der Waals surface area contributed by atoms with Gasteiger partial charge in [0, 0.05) is 11.1 Å². The van der Waals surface area contributed by atoms with Crippen LogP contribution in [0.5, 0.6) is 0 Å². The van der Waals surface area contributed by atoms with Crippen LogP contribution in [0.2, 0.25) is 0 Å². The third-order valence-corrected chi connectivity index (χ3v) is 3.65. The highest BCUT2D eigenvalue weighted by Gasteiger charge is 2.20. The van der Waals surface area contributed by atoms with Crippen LogP contribution in [0, 0.1) is 0 Å². The average Bonchev–Trinajstić information content (AvgIpc) is 2.67. The van der Waals surface area contributed by atoms with E-state index in [2.05, 4.69) is 25.7 Å². The first-order valence-corrected chi connectivity index (χ1v) is 8.73. The van der Waals surface area contributed by atoms with E-state index < -0.39 is 17.7 Å². The number of carboxylic acids is 1. The van der Waals surface area contributed by atoms with Gasteiger partial charge in [0.25, 0.3) is 0 Å². The molecule has 0 atom stereocenters. The van der Waals surface area contributed by atoms with Crippen molar-refractivity contribution >= 4 is 17.7 Å². The monoisotopic (exact) mass is 393 g/mol. The van der Waals surface area contributed by atoms with Gasteiger partial charge < -0.3 is 9.84 Å². The van der Waals surface area contributed by atoms with Crippen molar-refractivity contribution in [2.75, 3.05) is 5.32 Å². The molecule has 0 aliphatic rings. The Morgan fingerprint density at radius 3 is 2.14 bits per heavy atom. The predicted molar refractivity (Wildman–Crippen MR) is 105 cm³/mol. The van der Waals surface area contributed by atoms with Crippen molar-refractivity contribution in [1.29, 1.82) is 0 Å². The Kier molecular flexibility index (Phi) is 5.49. The van der Waals surface area contributed by atoms with Gasteiger partial charge >= 0.3 is 12.1 Å². The molecule has 0 saturated heterocycles. The van der Waals surface area contributed by atoms with Gasteiger partial charge in [-0.2, -0.15) is 0 Å². The number of nitrogens with one attached hydrogen (secondary N) is 1. The van der Waals surface area contributed by atoms with Crippen molar-refractivity contribution in [2.45, 2.75) is 26.4 Å². The molecule has 9 nitrogen and oxygen atoms in total. The van der Waals surface area contributed by atoms with Crippen LogP contribution in [0.3, 0.4) is 0 Å². The minimum absolute atomic E-state index is 0.0124. The minimum atomic E-state index is -1.14. The SMILES string of the molecule is CC(C)(C)OC(=O)Nc1cc(C(=O)O)ccc1-c1nnc(-c2ccccc2)nn1. The van der Waals surface area contributed by atoms with Crippen LogP contribution in [0.4, 0.5) is 10.5 Å². The molecule has 9 heteroatoms.